The van der Waals surface area contributed by atoms with Crippen molar-refractivity contribution in [3.05, 3.63) is 17.3 Å². The second kappa shape index (κ2) is 6.13. The average Bonchev–Trinajstić information content (AvgIpc) is 2.29. The van der Waals surface area contributed by atoms with Crippen molar-refractivity contribution in [3.8, 4) is 5.88 Å². The van der Waals surface area contributed by atoms with Gasteiger partial charge < -0.3 is 15.2 Å². The molecule has 1 aromatic heterocycles. The maximum absolute atomic E-state index is 12.6. The summed E-state index contributed by atoms with van der Waals surface area (Å²) in [6, 6.07) is 1.25. The Hall–Kier alpha value is -1.92. The molecule has 1 heterocycles. The number of carbonyl (C=O) groups is 1. The van der Waals surface area contributed by atoms with Crippen LogP contribution in [-0.4, -0.2) is 24.7 Å². The van der Waals surface area contributed by atoms with Gasteiger partial charge in [-0.25, -0.2) is 13.8 Å². The summed E-state index contributed by atoms with van der Waals surface area (Å²) in [5.41, 5.74) is 5.03. The standard InChI is InChI=1S/C11H14F2N2O3/c1-3-18-8(16)5-6-4-7(14)9(10(12)13)15-11(6)17-2/h4,10H,3,5,14H2,1-2H3. The van der Waals surface area contributed by atoms with E-state index in [1.165, 1.54) is 13.2 Å². The topological polar surface area (TPSA) is 74.4 Å². The Morgan fingerprint density at radius 1 is 1.56 bits per heavy atom. The highest BCUT2D eigenvalue weighted by Gasteiger charge is 2.19. The van der Waals surface area contributed by atoms with Gasteiger partial charge in [0.1, 0.15) is 5.69 Å². The van der Waals surface area contributed by atoms with Crippen LogP contribution < -0.4 is 10.5 Å². The van der Waals surface area contributed by atoms with Gasteiger partial charge in [0.05, 0.1) is 25.8 Å². The number of anilines is 1. The van der Waals surface area contributed by atoms with Crippen molar-refractivity contribution in [2.75, 3.05) is 19.5 Å². The molecule has 7 heteroatoms. The van der Waals surface area contributed by atoms with Crippen molar-refractivity contribution in [1.29, 1.82) is 0 Å². The zero-order valence-corrected chi connectivity index (χ0v) is 10.1. The van der Waals surface area contributed by atoms with Gasteiger partial charge >= 0.3 is 5.97 Å². The van der Waals surface area contributed by atoms with Crippen LogP contribution in [0.4, 0.5) is 14.5 Å². The molecule has 5 nitrogen and oxygen atoms in total. The van der Waals surface area contributed by atoms with E-state index in [0.29, 0.717) is 5.56 Å². The lowest BCUT2D eigenvalue weighted by Crippen LogP contribution is -2.11. The highest BCUT2D eigenvalue weighted by molar-refractivity contribution is 5.74. The van der Waals surface area contributed by atoms with E-state index in [9.17, 15) is 13.6 Å². The first-order valence-corrected chi connectivity index (χ1v) is 5.26. The molecule has 2 N–H and O–H groups in total. The fourth-order valence-corrected chi connectivity index (χ4v) is 1.41. The molecule has 0 radical (unpaired) electrons. The second-order valence-electron chi connectivity index (χ2n) is 3.41. The number of pyridine rings is 1. The molecule has 0 aliphatic heterocycles. The molecule has 0 saturated heterocycles. The smallest absolute Gasteiger partial charge is 0.310 e. The molecule has 0 spiro atoms. The minimum Gasteiger partial charge on any atom is -0.481 e. The van der Waals surface area contributed by atoms with Crippen LogP contribution in [0.5, 0.6) is 5.88 Å². The number of alkyl halides is 2. The molecule has 0 amide bonds. The van der Waals surface area contributed by atoms with Crippen LogP contribution in [0.3, 0.4) is 0 Å². The van der Waals surface area contributed by atoms with Crippen molar-refractivity contribution in [2.24, 2.45) is 0 Å². The van der Waals surface area contributed by atoms with E-state index in [-0.39, 0.29) is 24.6 Å². The summed E-state index contributed by atoms with van der Waals surface area (Å²) in [6.07, 6.45) is -2.92. The number of aromatic nitrogens is 1. The first kappa shape index (κ1) is 14.1. The molecule has 0 saturated carbocycles. The third-order valence-electron chi connectivity index (χ3n) is 2.16. The third kappa shape index (κ3) is 3.28. The van der Waals surface area contributed by atoms with E-state index < -0.39 is 18.1 Å². The molecule has 0 atom stereocenters. The Labute approximate surface area is 103 Å². The van der Waals surface area contributed by atoms with E-state index in [1.807, 2.05) is 0 Å². The zero-order valence-electron chi connectivity index (χ0n) is 10.1. The Morgan fingerprint density at radius 3 is 2.72 bits per heavy atom. The summed E-state index contributed by atoms with van der Waals surface area (Å²) in [7, 11) is 1.28. The fourth-order valence-electron chi connectivity index (χ4n) is 1.41. The Kier molecular flexibility index (Phi) is 4.82. The van der Waals surface area contributed by atoms with Gasteiger partial charge in [0.25, 0.3) is 6.43 Å². The molecular weight excluding hydrogens is 246 g/mol. The summed E-state index contributed by atoms with van der Waals surface area (Å²) >= 11 is 0. The number of esters is 1. The van der Waals surface area contributed by atoms with Gasteiger partial charge in [-0.2, -0.15) is 0 Å². The Morgan fingerprint density at radius 2 is 2.22 bits per heavy atom. The molecule has 18 heavy (non-hydrogen) atoms. The molecular formula is C11H14F2N2O3. The minimum atomic E-state index is -2.80. The van der Waals surface area contributed by atoms with Crippen LogP contribution in [0.25, 0.3) is 0 Å². The van der Waals surface area contributed by atoms with Crippen molar-refractivity contribution < 1.29 is 23.0 Å². The number of rotatable bonds is 5. The minimum absolute atomic E-state index is 0.0486. The van der Waals surface area contributed by atoms with Crippen molar-refractivity contribution in [1.82, 2.24) is 4.98 Å². The Bertz CT molecular complexity index is 439. The van der Waals surface area contributed by atoms with Gasteiger partial charge in [-0.1, -0.05) is 0 Å². The quantitative estimate of drug-likeness (QED) is 0.816. The maximum atomic E-state index is 12.6. The highest BCUT2D eigenvalue weighted by Crippen LogP contribution is 2.28. The van der Waals surface area contributed by atoms with E-state index in [0.717, 1.165) is 0 Å². The van der Waals surface area contributed by atoms with E-state index in [2.05, 4.69) is 4.98 Å². The molecule has 0 aromatic carbocycles. The molecule has 0 unspecified atom stereocenters. The second-order valence-corrected chi connectivity index (χ2v) is 3.41. The predicted octanol–water partition coefficient (Wildman–Crippen LogP) is 1.72. The summed E-state index contributed by atoms with van der Waals surface area (Å²) in [5.74, 6) is -0.547. The molecule has 100 valence electrons. The average molecular weight is 260 g/mol. The van der Waals surface area contributed by atoms with Gasteiger partial charge in [-0.3, -0.25) is 4.79 Å². The Balaban J connectivity index is 3.05. The zero-order chi connectivity index (χ0) is 13.7. The van der Waals surface area contributed by atoms with Crippen molar-refractivity contribution in [2.45, 2.75) is 19.8 Å². The third-order valence-corrected chi connectivity index (χ3v) is 2.16. The van der Waals surface area contributed by atoms with Crippen molar-refractivity contribution >= 4 is 11.7 Å². The SMILES string of the molecule is CCOC(=O)Cc1cc(N)c(C(F)F)nc1OC. The lowest BCUT2D eigenvalue weighted by Gasteiger charge is -2.11. The molecule has 0 aliphatic carbocycles. The van der Waals surface area contributed by atoms with Crippen LogP contribution in [0.15, 0.2) is 6.07 Å². The number of hydrogen-bond donors (Lipinski definition) is 1. The summed E-state index contributed by atoms with van der Waals surface area (Å²) in [6.45, 7) is 1.90. The highest BCUT2D eigenvalue weighted by atomic mass is 19.3. The lowest BCUT2D eigenvalue weighted by molar-refractivity contribution is -0.142. The lowest BCUT2D eigenvalue weighted by atomic mass is 10.1. The number of nitrogen functional groups attached to an aromatic ring is 1. The summed E-state index contributed by atoms with van der Waals surface area (Å²) in [5, 5.41) is 0. The van der Waals surface area contributed by atoms with Gasteiger partial charge in [-0.15, -0.1) is 0 Å². The van der Waals surface area contributed by atoms with Gasteiger partial charge in [0.15, 0.2) is 0 Å². The van der Waals surface area contributed by atoms with Crippen LogP contribution in [0.1, 0.15) is 24.6 Å². The molecule has 0 aliphatic rings. The number of carbonyl (C=O) groups excluding carboxylic acids is 1. The number of hydrogen-bond acceptors (Lipinski definition) is 5. The van der Waals surface area contributed by atoms with Crippen LogP contribution in [0.2, 0.25) is 0 Å². The molecule has 1 aromatic rings. The molecule has 0 bridgehead atoms. The summed E-state index contributed by atoms with van der Waals surface area (Å²) < 4.78 is 34.8. The monoisotopic (exact) mass is 260 g/mol. The van der Waals surface area contributed by atoms with Gasteiger partial charge in [-0.05, 0) is 13.0 Å². The normalized spacial score (nSPS) is 10.5. The van der Waals surface area contributed by atoms with Crippen LogP contribution >= 0.6 is 0 Å². The van der Waals surface area contributed by atoms with Crippen LogP contribution in [0, 0.1) is 0 Å². The number of ether oxygens (including phenoxy) is 2. The van der Waals surface area contributed by atoms with E-state index >= 15 is 0 Å². The number of methoxy groups -OCH3 is 1. The number of nitrogens with zero attached hydrogens (tertiary/aromatic N) is 1. The number of nitrogens with two attached hydrogens (primary N) is 1. The molecule has 1 rings (SSSR count). The fraction of sp³-hybridized carbons (Fsp3) is 0.455. The van der Waals surface area contributed by atoms with E-state index in [1.54, 1.807) is 6.92 Å². The first-order chi connectivity index (χ1) is 8.49. The predicted molar refractivity (Wildman–Crippen MR) is 60.5 cm³/mol. The van der Waals surface area contributed by atoms with Gasteiger partial charge in [0, 0.05) is 5.56 Å². The first-order valence-electron chi connectivity index (χ1n) is 5.26. The van der Waals surface area contributed by atoms with E-state index in [4.69, 9.17) is 15.2 Å². The van der Waals surface area contributed by atoms with Crippen LogP contribution in [-0.2, 0) is 16.0 Å². The largest absolute Gasteiger partial charge is 0.481 e. The van der Waals surface area contributed by atoms with Crippen molar-refractivity contribution in [3.63, 3.8) is 0 Å². The molecule has 0 fully saturated rings. The van der Waals surface area contributed by atoms with Gasteiger partial charge in [0.2, 0.25) is 5.88 Å². The number of halogens is 2. The maximum Gasteiger partial charge on any atom is 0.310 e. The summed E-state index contributed by atoms with van der Waals surface area (Å²) in [4.78, 5) is 14.9.